The highest BCUT2D eigenvalue weighted by Crippen LogP contribution is 2.14. The zero-order valence-corrected chi connectivity index (χ0v) is 15.3. The summed E-state index contributed by atoms with van der Waals surface area (Å²) >= 11 is 1.74. The third kappa shape index (κ3) is 6.15. The Morgan fingerprint density at radius 1 is 1.36 bits per heavy atom. The number of non-ortho nitro benzene ring substituents is 1. The van der Waals surface area contributed by atoms with Crippen molar-refractivity contribution in [1.82, 2.24) is 15.6 Å². The molecule has 0 amide bonds. The quantitative estimate of drug-likeness (QED) is 0.326. The standard InChI is InChI=1S/C17H23N5O2S/c1-3-15-12-20-16(25-15)8-9-19-17(18-4-2)21-11-13-6-5-7-14(10-13)22(23)24/h5-7,10,12H,3-4,8-9,11H2,1-2H3,(H2,18,19,21). The van der Waals surface area contributed by atoms with E-state index in [1.165, 1.54) is 10.9 Å². The van der Waals surface area contributed by atoms with Crippen molar-refractivity contribution < 1.29 is 4.92 Å². The molecule has 0 aliphatic rings. The number of nitrogens with one attached hydrogen (secondary N) is 2. The number of nitrogens with zero attached hydrogens (tertiary/aromatic N) is 3. The molecule has 0 aliphatic heterocycles. The second-order valence-corrected chi connectivity index (χ2v) is 6.57. The summed E-state index contributed by atoms with van der Waals surface area (Å²) in [6.07, 6.45) is 3.78. The highest BCUT2D eigenvalue weighted by Gasteiger charge is 2.06. The predicted molar refractivity (Wildman–Crippen MR) is 101 cm³/mol. The maximum absolute atomic E-state index is 10.8. The van der Waals surface area contributed by atoms with Crippen LogP contribution in [0.1, 0.15) is 29.3 Å². The molecule has 2 rings (SSSR count). The van der Waals surface area contributed by atoms with Gasteiger partial charge in [0.15, 0.2) is 5.96 Å². The van der Waals surface area contributed by atoms with Crippen LogP contribution in [0.3, 0.4) is 0 Å². The van der Waals surface area contributed by atoms with Gasteiger partial charge in [-0.1, -0.05) is 19.1 Å². The molecular weight excluding hydrogens is 338 g/mol. The summed E-state index contributed by atoms with van der Waals surface area (Å²) in [5, 5.41) is 18.4. The lowest BCUT2D eigenvalue weighted by Gasteiger charge is -2.10. The minimum Gasteiger partial charge on any atom is -0.357 e. The lowest BCUT2D eigenvalue weighted by molar-refractivity contribution is -0.384. The summed E-state index contributed by atoms with van der Waals surface area (Å²) in [6, 6.07) is 6.54. The number of rotatable bonds is 8. The van der Waals surface area contributed by atoms with E-state index >= 15 is 0 Å². The zero-order chi connectivity index (χ0) is 18.1. The lowest BCUT2D eigenvalue weighted by atomic mass is 10.2. The fourth-order valence-electron chi connectivity index (χ4n) is 2.20. The van der Waals surface area contributed by atoms with Crippen LogP contribution in [0, 0.1) is 10.1 Å². The van der Waals surface area contributed by atoms with Gasteiger partial charge in [-0.2, -0.15) is 0 Å². The van der Waals surface area contributed by atoms with Crippen LogP contribution in [0.25, 0.3) is 0 Å². The summed E-state index contributed by atoms with van der Waals surface area (Å²) in [4.78, 5) is 20.6. The first-order valence-electron chi connectivity index (χ1n) is 8.31. The fraction of sp³-hybridized carbons (Fsp3) is 0.412. The molecule has 2 N–H and O–H groups in total. The highest BCUT2D eigenvalue weighted by molar-refractivity contribution is 7.11. The van der Waals surface area contributed by atoms with Gasteiger partial charge in [0.2, 0.25) is 0 Å². The number of thiazole rings is 1. The fourth-order valence-corrected chi connectivity index (χ4v) is 3.06. The SMILES string of the molecule is CCNC(=NCc1cccc([N+](=O)[O-])c1)NCCc1ncc(CC)s1. The van der Waals surface area contributed by atoms with Gasteiger partial charge in [0.25, 0.3) is 5.69 Å². The van der Waals surface area contributed by atoms with E-state index in [9.17, 15) is 10.1 Å². The van der Waals surface area contributed by atoms with E-state index in [-0.39, 0.29) is 5.69 Å². The maximum Gasteiger partial charge on any atom is 0.269 e. The van der Waals surface area contributed by atoms with Gasteiger partial charge < -0.3 is 10.6 Å². The van der Waals surface area contributed by atoms with E-state index in [0.29, 0.717) is 12.5 Å². The largest absolute Gasteiger partial charge is 0.357 e. The monoisotopic (exact) mass is 361 g/mol. The van der Waals surface area contributed by atoms with Crippen molar-refractivity contribution in [3.63, 3.8) is 0 Å². The molecule has 0 saturated carbocycles. The molecule has 2 aromatic rings. The third-order valence-electron chi connectivity index (χ3n) is 3.47. The van der Waals surface area contributed by atoms with Gasteiger partial charge in [0.05, 0.1) is 16.5 Å². The summed E-state index contributed by atoms with van der Waals surface area (Å²) < 4.78 is 0. The molecule has 0 bridgehead atoms. The molecule has 8 heteroatoms. The first-order chi connectivity index (χ1) is 12.1. The van der Waals surface area contributed by atoms with Crippen LogP contribution in [0.5, 0.6) is 0 Å². The van der Waals surface area contributed by atoms with Gasteiger partial charge >= 0.3 is 0 Å². The Morgan fingerprint density at radius 3 is 2.88 bits per heavy atom. The van der Waals surface area contributed by atoms with Gasteiger partial charge in [0.1, 0.15) is 0 Å². The smallest absolute Gasteiger partial charge is 0.269 e. The summed E-state index contributed by atoms with van der Waals surface area (Å²) in [5.74, 6) is 0.696. The van der Waals surface area contributed by atoms with Gasteiger partial charge in [-0.05, 0) is 18.9 Å². The molecule has 1 aromatic heterocycles. The first kappa shape index (κ1) is 18.9. The number of nitro benzene ring substituents is 1. The second-order valence-electron chi connectivity index (χ2n) is 5.37. The number of aliphatic imine (C=N–C) groups is 1. The third-order valence-corrected chi connectivity index (χ3v) is 4.67. The van der Waals surface area contributed by atoms with Crippen LogP contribution in [-0.2, 0) is 19.4 Å². The van der Waals surface area contributed by atoms with Crippen LogP contribution in [0.2, 0.25) is 0 Å². The van der Waals surface area contributed by atoms with Crippen molar-refractivity contribution in [1.29, 1.82) is 0 Å². The minimum absolute atomic E-state index is 0.0844. The van der Waals surface area contributed by atoms with Crippen molar-refractivity contribution in [3.05, 3.63) is 56.0 Å². The Hall–Kier alpha value is -2.48. The van der Waals surface area contributed by atoms with E-state index in [0.717, 1.165) is 36.5 Å². The number of aryl methyl sites for hydroxylation is 1. The first-order valence-corrected chi connectivity index (χ1v) is 9.13. The van der Waals surface area contributed by atoms with Crippen LogP contribution < -0.4 is 10.6 Å². The van der Waals surface area contributed by atoms with Crippen molar-refractivity contribution >= 4 is 23.0 Å². The van der Waals surface area contributed by atoms with Crippen LogP contribution >= 0.6 is 11.3 Å². The topological polar surface area (TPSA) is 92.5 Å². The van der Waals surface area contributed by atoms with E-state index < -0.39 is 4.92 Å². The Morgan fingerprint density at radius 2 is 2.20 bits per heavy atom. The number of hydrogen-bond acceptors (Lipinski definition) is 5. The van der Waals surface area contributed by atoms with E-state index in [2.05, 4.69) is 27.5 Å². The molecule has 0 unspecified atom stereocenters. The highest BCUT2D eigenvalue weighted by atomic mass is 32.1. The molecule has 0 fully saturated rings. The Labute approximate surface area is 151 Å². The summed E-state index contributed by atoms with van der Waals surface area (Å²) in [5.41, 5.74) is 0.889. The van der Waals surface area contributed by atoms with Gasteiger partial charge in [-0.15, -0.1) is 11.3 Å². The van der Waals surface area contributed by atoms with E-state index in [1.807, 2.05) is 19.2 Å². The number of aromatic nitrogens is 1. The van der Waals surface area contributed by atoms with Gasteiger partial charge in [-0.3, -0.25) is 10.1 Å². The Balaban J connectivity index is 1.91. The van der Waals surface area contributed by atoms with Crippen molar-refractivity contribution in [2.24, 2.45) is 4.99 Å². The summed E-state index contributed by atoms with van der Waals surface area (Å²) in [7, 11) is 0. The molecule has 25 heavy (non-hydrogen) atoms. The molecule has 0 atom stereocenters. The normalized spacial score (nSPS) is 11.4. The molecule has 1 heterocycles. The zero-order valence-electron chi connectivity index (χ0n) is 14.5. The van der Waals surface area contributed by atoms with E-state index in [1.54, 1.807) is 23.5 Å². The molecule has 7 nitrogen and oxygen atoms in total. The summed E-state index contributed by atoms with van der Waals surface area (Å²) in [6.45, 7) is 5.99. The number of guanidine groups is 1. The Bertz CT molecular complexity index is 729. The molecule has 0 spiro atoms. The van der Waals surface area contributed by atoms with Gasteiger partial charge in [-0.25, -0.2) is 9.98 Å². The number of benzene rings is 1. The molecule has 1 aromatic carbocycles. The average molecular weight is 361 g/mol. The van der Waals surface area contributed by atoms with Crippen LogP contribution in [0.4, 0.5) is 5.69 Å². The molecular formula is C17H23N5O2S. The predicted octanol–water partition coefficient (Wildman–Crippen LogP) is 2.91. The van der Waals surface area contributed by atoms with Crippen molar-refractivity contribution in [2.45, 2.75) is 33.2 Å². The minimum atomic E-state index is -0.394. The molecule has 0 saturated heterocycles. The van der Waals surface area contributed by atoms with Crippen molar-refractivity contribution in [3.8, 4) is 0 Å². The molecule has 134 valence electrons. The van der Waals surface area contributed by atoms with Crippen molar-refractivity contribution in [2.75, 3.05) is 13.1 Å². The molecule has 0 radical (unpaired) electrons. The van der Waals surface area contributed by atoms with E-state index in [4.69, 9.17) is 0 Å². The molecule has 0 aliphatic carbocycles. The number of hydrogen-bond donors (Lipinski definition) is 2. The van der Waals surface area contributed by atoms with Gasteiger partial charge in [0, 0.05) is 42.7 Å². The number of nitro groups is 1. The van der Waals surface area contributed by atoms with Crippen LogP contribution in [0.15, 0.2) is 35.5 Å². The maximum atomic E-state index is 10.8. The lowest BCUT2D eigenvalue weighted by Crippen LogP contribution is -2.38. The average Bonchev–Trinajstić information content (AvgIpc) is 3.08. The Kier molecular flexibility index (Phi) is 7.34. The second kappa shape index (κ2) is 9.73. The van der Waals surface area contributed by atoms with Crippen LogP contribution in [-0.4, -0.2) is 29.0 Å².